The minimum absolute atomic E-state index is 0.00979. The predicted octanol–water partition coefficient (Wildman–Crippen LogP) is 2.38. The molecule has 1 aliphatic heterocycles. The van der Waals surface area contributed by atoms with Crippen molar-refractivity contribution in [1.82, 2.24) is 14.8 Å². The first kappa shape index (κ1) is 18.5. The highest BCUT2D eigenvalue weighted by Gasteiger charge is 2.30. The van der Waals surface area contributed by atoms with Gasteiger partial charge in [-0.15, -0.1) is 10.2 Å². The van der Waals surface area contributed by atoms with E-state index in [0.717, 1.165) is 29.4 Å². The molecule has 0 amide bonds. The summed E-state index contributed by atoms with van der Waals surface area (Å²) in [6.45, 7) is 2.09. The molecule has 1 fully saturated rings. The smallest absolute Gasteiger partial charge is 0.234 e. The monoisotopic (exact) mass is 406 g/mol. The van der Waals surface area contributed by atoms with Gasteiger partial charge in [0.05, 0.1) is 17.2 Å². The fourth-order valence-corrected chi connectivity index (χ4v) is 5.32. The predicted molar refractivity (Wildman–Crippen MR) is 105 cm³/mol. The number of carbonyl (C=O) groups is 1. The lowest BCUT2D eigenvalue weighted by molar-refractivity contribution is 0.102. The number of hydrogen-bond donors (Lipinski definition) is 0. The first-order valence-electron chi connectivity index (χ1n) is 9.09. The summed E-state index contributed by atoms with van der Waals surface area (Å²) in [5.74, 6) is 1.89. The van der Waals surface area contributed by atoms with Crippen LogP contribution in [0.5, 0.6) is 0 Å². The summed E-state index contributed by atoms with van der Waals surface area (Å²) < 4.78 is 27.8. The summed E-state index contributed by atoms with van der Waals surface area (Å²) in [6.07, 6.45) is 2.96. The third-order valence-electron chi connectivity index (χ3n) is 5.10. The van der Waals surface area contributed by atoms with Gasteiger partial charge in [0.15, 0.2) is 10.9 Å². The van der Waals surface area contributed by atoms with Crippen molar-refractivity contribution < 1.29 is 13.2 Å². The molecule has 0 atom stereocenters. The number of benzene rings is 1. The number of Topliss-reactive ketones (excluding diaryl/α,β-unsaturated/α-hetero) is 1. The molecular formula is C18H22N4O3S2. The molecule has 0 saturated heterocycles. The Morgan fingerprint density at radius 2 is 2.07 bits per heavy atom. The summed E-state index contributed by atoms with van der Waals surface area (Å²) in [5.41, 5.74) is 2.22. The molecule has 27 heavy (non-hydrogen) atoms. The number of rotatable bonds is 7. The van der Waals surface area contributed by atoms with Gasteiger partial charge in [-0.1, -0.05) is 11.8 Å². The number of anilines is 1. The van der Waals surface area contributed by atoms with Crippen LogP contribution in [0, 0.1) is 0 Å². The first-order chi connectivity index (χ1) is 12.9. The molecule has 0 unspecified atom stereocenters. The van der Waals surface area contributed by atoms with E-state index >= 15 is 0 Å². The maximum absolute atomic E-state index is 12.6. The van der Waals surface area contributed by atoms with Crippen molar-refractivity contribution in [3.05, 3.63) is 35.2 Å². The Morgan fingerprint density at radius 3 is 2.78 bits per heavy atom. The Kier molecular flexibility index (Phi) is 4.75. The van der Waals surface area contributed by atoms with E-state index in [9.17, 15) is 13.2 Å². The SMILES string of the molecule is CCS(=O)(=O)N1CCc2cc(C(=O)CSc3nnc(C4CC4)n3C)ccc21. The molecule has 0 N–H and O–H groups in total. The molecule has 2 heterocycles. The Hall–Kier alpha value is -1.87. The Bertz CT molecular complexity index is 996. The fourth-order valence-electron chi connectivity index (χ4n) is 3.35. The lowest BCUT2D eigenvalue weighted by atomic mass is 10.1. The maximum atomic E-state index is 12.6. The number of aromatic nitrogens is 3. The van der Waals surface area contributed by atoms with E-state index < -0.39 is 10.0 Å². The van der Waals surface area contributed by atoms with Gasteiger partial charge in [-0.2, -0.15) is 0 Å². The van der Waals surface area contributed by atoms with Crippen molar-refractivity contribution in [2.45, 2.75) is 37.3 Å². The minimum Gasteiger partial charge on any atom is -0.309 e. The van der Waals surface area contributed by atoms with Gasteiger partial charge >= 0.3 is 0 Å². The second kappa shape index (κ2) is 6.94. The van der Waals surface area contributed by atoms with E-state index in [2.05, 4.69) is 10.2 Å². The molecule has 0 radical (unpaired) electrons. The standard InChI is InChI=1S/C18H22N4O3S2/c1-3-27(24,25)22-9-8-13-10-14(6-7-15(13)22)16(23)11-26-18-20-19-17(21(18)2)12-4-5-12/h6-7,10,12H,3-5,8-9,11H2,1-2H3. The number of fused-ring (bicyclic) bond motifs is 1. The number of nitrogens with zero attached hydrogens (tertiary/aromatic N) is 4. The maximum Gasteiger partial charge on any atom is 0.234 e. The number of carbonyl (C=O) groups excluding carboxylic acids is 1. The van der Waals surface area contributed by atoms with Crippen LogP contribution in [0.4, 0.5) is 5.69 Å². The normalized spacial score (nSPS) is 16.6. The Morgan fingerprint density at radius 1 is 1.30 bits per heavy atom. The van der Waals surface area contributed by atoms with Crippen LogP contribution in [-0.2, 0) is 23.5 Å². The molecule has 1 saturated carbocycles. The summed E-state index contributed by atoms with van der Waals surface area (Å²) in [6, 6.07) is 5.30. The Labute approximate surface area is 163 Å². The zero-order chi connectivity index (χ0) is 19.2. The minimum atomic E-state index is -3.27. The summed E-state index contributed by atoms with van der Waals surface area (Å²) >= 11 is 1.39. The largest absolute Gasteiger partial charge is 0.309 e. The molecule has 144 valence electrons. The summed E-state index contributed by atoms with van der Waals surface area (Å²) in [4.78, 5) is 12.6. The third-order valence-corrected chi connectivity index (χ3v) is 7.90. The van der Waals surface area contributed by atoms with Gasteiger partial charge in [-0.3, -0.25) is 9.10 Å². The topological polar surface area (TPSA) is 85.2 Å². The summed E-state index contributed by atoms with van der Waals surface area (Å²) in [5, 5.41) is 9.19. The van der Waals surface area contributed by atoms with Crippen LogP contribution in [0.15, 0.2) is 23.4 Å². The van der Waals surface area contributed by atoms with Crippen LogP contribution >= 0.6 is 11.8 Å². The fraction of sp³-hybridized carbons (Fsp3) is 0.500. The Balaban J connectivity index is 1.46. The molecule has 2 aliphatic rings. The summed E-state index contributed by atoms with van der Waals surface area (Å²) in [7, 11) is -1.33. The van der Waals surface area contributed by atoms with E-state index in [-0.39, 0.29) is 17.3 Å². The van der Waals surface area contributed by atoms with Crippen LogP contribution in [0.2, 0.25) is 0 Å². The lowest BCUT2D eigenvalue weighted by Gasteiger charge is -2.18. The average molecular weight is 407 g/mol. The highest BCUT2D eigenvalue weighted by molar-refractivity contribution is 7.99. The highest BCUT2D eigenvalue weighted by atomic mass is 32.2. The van der Waals surface area contributed by atoms with Crippen molar-refractivity contribution in [2.24, 2.45) is 7.05 Å². The number of thioether (sulfide) groups is 1. The van der Waals surface area contributed by atoms with Crippen molar-refractivity contribution >= 4 is 33.3 Å². The van der Waals surface area contributed by atoms with Crippen molar-refractivity contribution in [1.29, 1.82) is 0 Å². The van der Waals surface area contributed by atoms with Gasteiger partial charge < -0.3 is 4.57 Å². The zero-order valence-electron chi connectivity index (χ0n) is 15.4. The van der Waals surface area contributed by atoms with Gasteiger partial charge in [-0.25, -0.2) is 8.42 Å². The van der Waals surface area contributed by atoms with E-state index in [4.69, 9.17) is 0 Å². The number of sulfonamides is 1. The van der Waals surface area contributed by atoms with Gasteiger partial charge in [0.1, 0.15) is 5.82 Å². The number of ketones is 1. The number of hydrogen-bond acceptors (Lipinski definition) is 6. The van der Waals surface area contributed by atoms with Gasteiger partial charge in [-0.05, 0) is 49.9 Å². The molecule has 0 spiro atoms. The van der Waals surface area contributed by atoms with Crippen molar-refractivity contribution in [2.75, 3.05) is 22.4 Å². The molecule has 9 heteroatoms. The van der Waals surface area contributed by atoms with E-state index in [1.54, 1.807) is 19.1 Å². The average Bonchev–Trinajstić information content (AvgIpc) is 3.30. The van der Waals surface area contributed by atoms with Gasteiger partial charge in [0.2, 0.25) is 10.0 Å². The quantitative estimate of drug-likeness (QED) is 0.518. The molecular weight excluding hydrogens is 384 g/mol. The van der Waals surface area contributed by atoms with E-state index in [0.29, 0.717) is 30.1 Å². The van der Waals surface area contributed by atoms with Gasteiger partial charge in [0, 0.05) is 25.1 Å². The van der Waals surface area contributed by atoms with Crippen LogP contribution in [0.25, 0.3) is 0 Å². The highest BCUT2D eigenvalue weighted by Crippen LogP contribution is 2.39. The molecule has 7 nitrogen and oxygen atoms in total. The lowest BCUT2D eigenvalue weighted by Crippen LogP contribution is -2.30. The molecule has 1 aromatic heterocycles. The van der Waals surface area contributed by atoms with Crippen LogP contribution < -0.4 is 4.31 Å². The van der Waals surface area contributed by atoms with Crippen LogP contribution in [0.1, 0.15) is 47.4 Å². The van der Waals surface area contributed by atoms with Crippen LogP contribution in [-0.4, -0.2) is 47.0 Å². The molecule has 0 bridgehead atoms. The van der Waals surface area contributed by atoms with Crippen molar-refractivity contribution in [3.8, 4) is 0 Å². The first-order valence-corrected chi connectivity index (χ1v) is 11.7. The molecule has 4 rings (SSSR count). The second-order valence-corrected chi connectivity index (χ2v) is 10.1. The van der Waals surface area contributed by atoms with E-state index in [1.807, 2.05) is 17.7 Å². The van der Waals surface area contributed by atoms with Crippen LogP contribution in [0.3, 0.4) is 0 Å². The van der Waals surface area contributed by atoms with Crippen molar-refractivity contribution in [3.63, 3.8) is 0 Å². The van der Waals surface area contributed by atoms with E-state index in [1.165, 1.54) is 16.1 Å². The third kappa shape index (κ3) is 3.50. The molecule has 1 aliphatic carbocycles. The van der Waals surface area contributed by atoms with Gasteiger partial charge in [0.25, 0.3) is 0 Å². The molecule has 2 aromatic rings. The zero-order valence-corrected chi connectivity index (χ0v) is 17.0. The second-order valence-electron chi connectivity index (χ2n) is 6.95. The molecule has 1 aromatic carbocycles.